The summed E-state index contributed by atoms with van der Waals surface area (Å²) in [6, 6.07) is 30.9. The molecule has 7 nitrogen and oxygen atoms in total. The van der Waals surface area contributed by atoms with Crippen LogP contribution in [0.25, 0.3) is 6.08 Å². The number of benzene rings is 4. The molecule has 1 aliphatic rings. The summed E-state index contributed by atoms with van der Waals surface area (Å²) in [6.07, 6.45) is 3.92. The highest BCUT2D eigenvalue weighted by atomic mass is 79.9. The number of aliphatic hydroxyl groups is 1. The van der Waals surface area contributed by atoms with E-state index in [1.54, 1.807) is 12.1 Å². The molecule has 0 fully saturated rings. The lowest BCUT2D eigenvalue weighted by molar-refractivity contribution is -0.129. The fraction of sp³-hybridized carbons (Fsp3) is 0.200. The molecule has 2 atom stereocenters. The smallest absolute Gasteiger partial charge is 0.266 e. The maximum absolute atomic E-state index is 14.2. The molecule has 1 heterocycles. The molecular formula is C35H33BrFN3O4. The van der Waals surface area contributed by atoms with Crippen molar-refractivity contribution in [3.05, 3.63) is 142 Å². The number of aliphatic hydroxyl groups excluding tert-OH is 1. The number of aliphatic imine (C=N–C) groups is 1. The van der Waals surface area contributed by atoms with Gasteiger partial charge in [-0.05, 0) is 65.2 Å². The van der Waals surface area contributed by atoms with Gasteiger partial charge in [-0.15, -0.1) is 0 Å². The Bertz CT molecular complexity index is 1600. The van der Waals surface area contributed by atoms with E-state index in [4.69, 9.17) is 19.6 Å². The van der Waals surface area contributed by atoms with Crippen LogP contribution in [0.5, 0.6) is 5.75 Å². The van der Waals surface area contributed by atoms with Crippen LogP contribution < -0.4 is 15.6 Å². The Labute approximate surface area is 264 Å². The second kappa shape index (κ2) is 14.9. The molecule has 0 bridgehead atoms. The molecule has 0 spiro atoms. The Morgan fingerprint density at radius 2 is 1.80 bits per heavy atom. The van der Waals surface area contributed by atoms with Crippen molar-refractivity contribution >= 4 is 33.8 Å². The highest BCUT2D eigenvalue weighted by Gasteiger charge is 2.52. The second-order valence-electron chi connectivity index (χ2n) is 10.3. The number of carbonyl (C=O) groups is 1. The number of ether oxygens (including phenoxy) is 2. The van der Waals surface area contributed by atoms with E-state index in [1.807, 2.05) is 91.0 Å². The lowest BCUT2D eigenvalue weighted by Crippen LogP contribution is -2.52. The predicted molar refractivity (Wildman–Crippen MR) is 172 cm³/mol. The lowest BCUT2D eigenvalue weighted by atomic mass is 9.84. The first kappa shape index (κ1) is 31.1. The van der Waals surface area contributed by atoms with Crippen LogP contribution in [0.1, 0.15) is 41.2 Å². The number of amides is 1. The van der Waals surface area contributed by atoms with Gasteiger partial charge in [0.15, 0.2) is 11.6 Å². The Morgan fingerprint density at radius 3 is 2.52 bits per heavy atom. The maximum Gasteiger partial charge on any atom is 0.266 e. The molecule has 0 saturated carbocycles. The van der Waals surface area contributed by atoms with E-state index in [0.717, 1.165) is 15.6 Å². The Balaban J connectivity index is 1.48. The molecule has 0 aliphatic carbocycles. The highest BCUT2D eigenvalue weighted by Crippen LogP contribution is 2.43. The van der Waals surface area contributed by atoms with Gasteiger partial charge in [-0.2, -0.15) is 0 Å². The van der Waals surface area contributed by atoms with Crippen LogP contribution in [0.15, 0.2) is 119 Å². The van der Waals surface area contributed by atoms with Gasteiger partial charge in [-0.3, -0.25) is 10.2 Å². The second-order valence-corrected chi connectivity index (χ2v) is 11.2. The summed E-state index contributed by atoms with van der Waals surface area (Å²) in [5, 5.41) is 9.04. The first-order chi connectivity index (χ1) is 21.5. The third-order valence-corrected chi connectivity index (χ3v) is 7.65. The molecule has 0 radical (unpaired) electrons. The molecule has 44 heavy (non-hydrogen) atoms. The van der Waals surface area contributed by atoms with E-state index in [9.17, 15) is 9.18 Å². The van der Waals surface area contributed by atoms with E-state index in [1.165, 1.54) is 12.1 Å². The SMILES string of the molecule is O=C(NNCc1cccc(F)c1)[C@@]1(C/C=C/c2ccccc2)N=C(c2ccc(OCCCO)cc2)O[C@H]1c1ccc(Br)cc1. The zero-order valence-corrected chi connectivity index (χ0v) is 25.5. The van der Waals surface area contributed by atoms with Crippen molar-refractivity contribution in [2.75, 3.05) is 13.2 Å². The van der Waals surface area contributed by atoms with Crippen molar-refractivity contribution in [3.8, 4) is 5.75 Å². The molecule has 4 aromatic rings. The number of rotatable bonds is 13. The number of carbonyl (C=O) groups excluding carboxylic acids is 1. The van der Waals surface area contributed by atoms with Crippen molar-refractivity contribution in [1.29, 1.82) is 0 Å². The average Bonchev–Trinajstić information content (AvgIpc) is 3.43. The summed E-state index contributed by atoms with van der Waals surface area (Å²) < 4.78 is 26.8. The Morgan fingerprint density at radius 1 is 1.02 bits per heavy atom. The molecule has 0 saturated heterocycles. The minimum absolute atomic E-state index is 0.0557. The van der Waals surface area contributed by atoms with Crippen molar-refractivity contribution in [2.45, 2.75) is 31.0 Å². The van der Waals surface area contributed by atoms with Gasteiger partial charge in [0.25, 0.3) is 5.91 Å². The molecule has 1 aliphatic heterocycles. The minimum Gasteiger partial charge on any atom is -0.494 e. The number of hydrazine groups is 1. The molecule has 5 rings (SSSR count). The van der Waals surface area contributed by atoms with Gasteiger partial charge in [0.05, 0.1) is 6.61 Å². The minimum atomic E-state index is -1.38. The summed E-state index contributed by atoms with van der Waals surface area (Å²) >= 11 is 3.50. The fourth-order valence-corrected chi connectivity index (χ4v) is 5.14. The quantitative estimate of drug-likeness (QED) is 0.112. The third kappa shape index (κ3) is 7.79. The summed E-state index contributed by atoms with van der Waals surface area (Å²) in [5.41, 5.74) is 7.54. The molecule has 0 unspecified atom stereocenters. The summed E-state index contributed by atoms with van der Waals surface area (Å²) in [4.78, 5) is 19.2. The third-order valence-electron chi connectivity index (χ3n) is 7.13. The Hall–Kier alpha value is -4.31. The van der Waals surface area contributed by atoms with E-state index in [2.05, 4.69) is 26.8 Å². The van der Waals surface area contributed by atoms with E-state index in [0.29, 0.717) is 35.8 Å². The van der Waals surface area contributed by atoms with Gasteiger partial charge in [0.2, 0.25) is 5.90 Å². The van der Waals surface area contributed by atoms with Crippen LogP contribution in [0.2, 0.25) is 0 Å². The molecule has 3 N–H and O–H groups in total. The van der Waals surface area contributed by atoms with Gasteiger partial charge in [-0.25, -0.2) is 14.8 Å². The first-order valence-corrected chi connectivity index (χ1v) is 15.1. The highest BCUT2D eigenvalue weighted by molar-refractivity contribution is 9.10. The monoisotopic (exact) mass is 657 g/mol. The standard InChI is InChI=1S/C35H33BrFN3O4/c36-29-16-12-27(13-17-29)32-35(20-5-10-25-7-2-1-3-8-25,34(42)40-38-24-26-9-4-11-30(37)23-26)39-33(44-32)28-14-18-31(19-15-28)43-22-6-21-41/h1-5,7-19,23,32,38,41H,6,20-22,24H2,(H,40,42)/b10-5+/t32-,35-/m0/s1. The maximum atomic E-state index is 14.2. The van der Waals surface area contributed by atoms with Crippen LogP contribution >= 0.6 is 15.9 Å². The summed E-state index contributed by atoms with van der Waals surface area (Å²) in [5.74, 6) is 0.241. The molecular weight excluding hydrogens is 625 g/mol. The first-order valence-electron chi connectivity index (χ1n) is 14.3. The van der Waals surface area contributed by atoms with Crippen LogP contribution in [0, 0.1) is 5.82 Å². The van der Waals surface area contributed by atoms with Crippen molar-refractivity contribution in [3.63, 3.8) is 0 Å². The van der Waals surface area contributed by atoms with Crippen molar-refractivity contribution < 1.29 is 23.8 Å². The van der Waals surface area contributed by atoms with E-state index >= 15 is 0 Å². The van der Waals surface area contributed by atoms with Gasteiger partial charge < -0.3 is 14.6 Å². The van der Waals surface area contributed by atoms with Crippen LogP contribution in [0.4, 0.5) is 4.39 Å². The Kier molecular flexibility index (Phi) is 10.6. The number of halogens is 2. The normalized spacial score (nSPS) is 17.7. The number of hydrogen-bond acceptors (Lipinski definition) is 6. The summed E-state index contributed by atoms with van der Waals surface area (Å²) in [7, 11) is 0. The molecule has 226 valence electrons. The average molecular weight is 659 g/mol. The molecule has 4 aromatic carbocycles. The number of hydrogen-bond donors (Lipinski definition) is 3. The van der Waals surface area contributed by atoms with Crippen molar-refractivity contribution in [2.24, 2.45) is 4.99 Å². The fourth-order valence-electron chi connectivity index (χ4n) is 4.87. The van der Waals surface area contributed by atoms with Crippen LogP contribution in [-0.4, -0.2) is 35.7 Å². The van der Waals surface area contributed by atoms with Crippen LogP contribution in [0.3, 0.4) is 0 Å². The van der Waals surface area contributed by atoms with Gasteiger partial charge >= 0.3 is 0 Å². The topological polar surface area (TPSA) is 92.2 Å². The van der Waals surface area contributed by atoms with Gasteiger partial charge in [0, 0.05) is 36.0 Å². The molecule has 9 heteroatoms. The molecule has 1 amide bonds. The van der Waals surface area contributed by atoms with Crippen LogP contribution in [-0.2, 0) is 16.1 Å². The molecule has 0 aromatic heterocycles. The number of nitrogens with zero attached hydrogens (tertiary/aromatic N) is 1. The zero-order valence-electron chi connectivity index (χ0n) is 24.0. The summed E-state index contributed by atoms with van der Waals surface area (Å²) in [6.45, 7) is 0.677. The zero-order chi connectivity index (χ0) is 30.8. The van der Waals surface area contributed by atoms with Crippen molar-refractivity contribution in [1.82, 2.24) is 10.9 Å². The van der Waals surface area contributed by atoms with Gasteiger partial charge in [-0.1, -0.05) is 82.7 Å². The van der Waals surface area contributed by atoms with Gasteiger partial charge in [0.1, 0.15) is 11.6 Å². The largest absolute Gasteiger partial charge is 0.494 e. The predicted octanol–water partition coefficient (Wildman–Crippen LogP) is 6.53. The van der Waals surface area contributed by atoms with E-state index < -0.39 is 17.6 Å². The lowest BCUT2D eigenvalue weighted by Gasteiger charge is -2.30. The number of nitrogens with one attached hydrogen (secondary N) is 2. The van der Waals surface area contributed by atoms with E-state index in [-0.39, 0.29) is 25.4 Å².